The molecule has 32 heavy (non-hydrogen) atoms. The number of thiophene rings is 1. The van der Waals surface area contributed by atoms with Crippen molar-refractivity contribution in [2.24, 2.45) is 0 Å². The summed E-state index contributed by atoms with van der Waals surface area (Å²) in [6.07, 6.45) is 4.13. The van der Waals surface area contributed by atoms with E-state index in [1.165, 1.54) is 45.8 Å². The van der Waals surface area contributed by atoms with E-state index < -0.39 is 10.0 Å². The standard InChI is InChI=1S/C21H24N4O5S2/c1-30-17-6-5-15(13-18(17)32(28,29)25-9-3-2-4-10-25)23-19(26)7-11-24-14-22-20-16(21(24)27)8-12-31-20/h5-6,8,12-14H,2-4,7,9-11H2,1H3,(H,23,26). The predicted octanol–water partition coefficient (Wildman–Crippen LogP) is 2.67. The summed E-state index contributed by atoms with van der Waals surface area (Å²) in [6.45, 7) is 1.11. The Kier molecular flexibility index (Phi) is 6.58. The maximum absolute atomic E-state index is 13.1. The van der Waals surface area contributed by atoms with Gasteiger partial charge in [0.2, 0.25) is 15.9 Å². The number of hydrogen-bond acceptors (Lipinski definition) is 7. The first-order valence-corrected chi connectivity index (χ1v) is 12.6. The molecule has 1 amide bonds. The summed E-state index contributed by atoms with van der Waals surface area (Å²) in [4.78, 5) is 29.9. The number of fused-ring (bicyclic) bond motifs is 1. The van der Waals surface area contributed by atoms with Crippen LogP contribution in [-0.2, 0) is 21.4 Å². The number of ether oxygens (including phenoxy) is 1. The number of methoxy groups -OCH3 is 1. The van der Waals surface area contributed by atoms with E-state index in [1.807, 2.05) is 0 Å². The number of aromatic nitrogens is 2. The van der Waals surface area contributed by atoms with Crippen LogP contribution in [0.25, 0.3) is 10.2 Å². The Balaban J connectivity index is 1.48. The van der Waals surface area contributed by atoms with Crippen molar-refractivity contribution in [1.82, 2.24) is 13.9 Å². The van der Waals surface area contributed by atoms with Gasteiger partial charge in [-0.15, -0.1) is 11.3 Å². The number of carbonyl (C=O) groups excluding carboxylic acids is 1. The van der Waals surface area contributed by atoms with Gasteiger partial charge in [0.05, 0.1) is 18.8 Å². The van der Waals surface area contributed by atoms with E-state index >= 15 is 0 Å². The molecule has 3 aromatic rings. The first-order valence-electron chi connectivity index (χ1n) is 10.3. The average molecular weight is 477 g/mol. The summed E-state index contributed by atoms with van der Waals surface area (Å²) in [5.41, 5.74) is 0.161. The maximum atomic E-state index is 13.1. The van der Waals surface area contributed by atoms with Gasteiger partial charge in [0.25, 0.3) is 5.56 Å². The van der Waals surface area contributed by atoms with Gasteiger partial charge in [-0.3, -0.25) is 14.2 Å². The first-order chi connectivity index (χ1) is 15.4. The highest BCUT2D eigenvalue weighted by Gasteiger charge is 2.29. The van der Waals surface area contributed by atoms with Crippen LogP contribution >= 0.6 is 11.3 Å². The molecule has 1 fully saturated rings. The van der Waals surface area contributed by atoms with Crippen molar-refractivity contribution in [2.45, 2.75) is 37.1 Å². The summed E-state index contributed by atoms with van der Waals surface area (Å²) in [6, 6.07) is 6.27. The van der Waals surface area contributed by atoms with Crippen LogP contribution in [0.4, 0.5) is 5.69 Å². The topological polar surface area (TPSA) is 111 Å². The van der Waals surface area contributed by atoms with Crippen LogP contribution in [0.1, 0.15) is 25.7 Å². The molecule has 0 aliphatic carbocycles. The van der Waals surface area contributed by atoms with Crippen molar-refractivity contribution >= 4 is 43.2 Å². The number of piperidine rings is 1. The summed E-state index contributed by atoms with van der Waals surface area (Å²) < 4.78 is 34.4. The predicted molar refractivity (Wildman–Crippen MR) is 123 cm³/mol. The smallest absolute Gasteiger partial charge is 0.262 e. The van der Waals surface area contributed by atoms with Crippen molar-refractivity contribution in [2.75, 3.05) is 25.5 Å². The molecule has 11 heteroatoms. The van der Waals surface area contributed by atoms with Gasteiger partial charge in [0, 0.05) is 31.7 Å². The van der Waals surface area contributed by atoms with Crippen molar-refractivity contribution < 1.29 is 17.9 Å². The Morgan fingerprint density at radius 2 is 2.00 bits per heavy atom. The molecule has 0 bridgehead atoms. The van der Waals surface area contributed by atoms with E-state index in [1.54, 1.807) is 17.5 Å². The number of carbonyl (C=O) groups is 1. The average Bonchev–Trinajstić information content (AvgIpc) is 3.29. The SMILES string of the molecule is COc1ccc(NC(=O)CCn2cnc3sccc3c2=O)cc1S(=O)(=O)N1CCCCC1. The maximum Gasteiger partial charge on any atom is 0.262 e. The number of nitrogens with one attached hydrogen (secondary N) is 1. The lowest BCUT2D eigenvalue weighted by Crippen LogP contribution is -2.35. The summed E-state index contributed by atoms with van der Waals surface area (Å²) in [5, 5.41) is 5.05. The molecule has 170 valence electrons. The third kappa shape index (κ3) is 4.54. The Bertz CT molecular complexity index is 1290. The van der Waals surface area contributed by atoms with Gasteiger partial charge in [0.15, 0.2) is 0 Å². The molecule has 1 saturated heterocycles. The molecule has 0 spiro atoms. The van der Waals surface area contributed by atoms with Crippen LogP contribution in [0.5, 0.6) is 5.75 Å². The van der Waals surface area contributed by atoms with Crippen LogP contribution in [-0.4, -0.2) is 48.4 Å². The van der Waals surface area contributed by atoms with Crippen LogP contribution in [0.2, 0.25) is 0 Å². The lowest BCUT2D eigenvalue weighted by atomic mass is 10.2. The van der Waals surface area contributed by atoms with E-state index in [9.17, 15) is 18.0 Å². The molecule has 1 aliphatic heterocycles. The molecule has 2 aromatic heterocycles. The molecule has 3 heterocycles. The van der Waals surface area contributed by atoms with E-state index in [4.69, 9.17) is 4.74 Å². The fourth-order valence-corrected chi connectivity index (χ4v) is 6.12. The van der Waals surface area contributed by atoms with Gasteiger partial charge in [-0.1, -0.05) is 6.42 Å². The van der Waals surface area contributed by atoms with Gasteiger partial charge in [-0.25, -0.2) is 13.4 Å². The fourth-order valence-electron chi connectivity index (χ4n) is 3.70. The molecule has 4 rings (SSSR count). The normalized spacial score (nSPS) is 15.0. The van der Waals surface area contributed by atoms with E-state index in [2.05, 4.69) is 10.3 Å². The number of benzene rings is 1. The highest BCUT2D eigenvalue weighted by Crippen LogP contribution is 2.31. The monoisotopic (exact) mass is 476 g/mol. The number of rotatable bonds is 7. The largest absolute Gasteiger partial charge is 0.495 e. The molecular weight excluding hydrogens is 452 g/mol. The highest BCUT2D eigenvalue weighted by molar-refractivity contribution is 7.89. The number of amides is 1. The van der Waals surface area contributed by atoms with E-state index in [0.717, 1.165) is 19.3 Å². The van der Waals surface area contributed by atoms with Gasteiger partial charge < -0.3 is 10.1 Å². The van der Waals surface area contributed by atoms with Crippen molar-refractivity contribution in [3.63, 3.8) is 0 Å². The van der Waals surface area contributed by atoms with Crippen LogP contribution in [0, 0.1) is 0 Å². The van der Waals surface area contributed by atoms with Crippen LogP contribution in [0.3, 0.4) is 0 Å². The number of aryl methyl sites for hydroxylation is 1. The van der Waals surface area contributed by atoms with Gasteiger partial charge in [0.1, 0.15) is 15.5 Å². The lowest BCUT2D eigenvalue weighted by Gasteiger charge is -2.26. The van der Waals surface area contributed by atoms with Crippen LogP contribution in [0.15, 0.2) is 45.7 Å². The Hall–Kier alpha value is -2.76. The van der Waals surface area contributed by atoms with Crippen molar-refractivity contribution in [3.8, 4) is 5.75 Å². The molecule has 1 N–H and O–H groups in total. The molecule has 0 atom stereocenters. The number of hydrogen-bond donors (Lipinski definition) is 1. The molecule has 1 aliphatic rings. The Morgan fingerprint density at radius 1 is 1.22 bits per heavy atom. The molecule has 1 aromatic carbocycles. The fraction of sp³-hybridized carbons (Fsp3) is 0.381. The van der Waals surface area contributed by atoms with Crippen molar-refractivity contribution in [3.05, 3.63) is 46.3 Å². The Morgan fingerprint density at radius 3 is 2.75 bits per heavy atom. The third-order valence-corrected chi connectivity index (χ3v) is 8.15. The second-order valence-corrected chi connectivity index (χ2v) is 10.3. The van der Waals surface area contributed by atoms with Gasteiger partial charge >= 0.3 is 0 Å². The summed E-state index contributed by atoms with van der Waals surface area (Å²) in [7, 11) is -2.32. The van der Waals surface area contributed by atoms with Crippen LogP contribution < -0.4 is 15.6 Å². The minimum absolute atomic E-state index is 0.0306. The quantitative estimate of drug-likeness (QED) is 0.561. The molecular formula is C21H24N4O5S2. The minimum atomic E-state index is -3.73. The summed E-state index contributed by atoms with van der Waals surface area (Å²) in [5.74, 6) is -0.107. The second kappa shape index (κ2) is 9.39. The van der Waals surface area contributed by atoms with Gasteiger partial charge in [-0.2, -0.15) is 4.31 Å². The minimum Gasteiger partial charge on any atom is -0.495 e. The lowest BCUT2D eigenvalue weighted by molar-refractivity contribution is -0.116. The summed E-state index contributed by atoms with van der Waals surface area (Å²) >= 11 is 1.39. The zero-order valence-electron chi connectivity index (χ0n) is 17.6. The van der Waals surface area contributed by atoms with E-state index in [0.29, 0.717) is 29.0 Å². The molecule has 0 radical (unpaired) electrons. The first kappa shape index (κ1) is 22.4. The highest BCUT2D eigenvalue weighted by atomic mass is 32.2. The molecule has 0 saturated carbocycles. The Labute approximate surface area is 189 Å². The third-order valence-electron chi connectivity index (χ3n) is 5.41. The number of anilines is 1. The number of nitrogens with zero attached hydrogens (tertiary/aromatic N) is 3. The molecule has 9 nitrogen and oxygen atoms in total. The van der Waals surface area contributed by atoms with E-state index in [-0.39, 0.29) is 35.1 Å². The zero-order chi connectivity index (χ0) is 22.7. The second-order valence-electron chi connectivity index (χ2n) is 7.51. The van der Waals surface area contributed by atoms with Gasteiger partial charge in [-0.05, 0) is 42.5 Å². The zero-order valence-corrected chi connectivity index (χ0v) is 19.2. The molecule has 0 unspecified atom stereocenters. The number of sulfonamides is 1. The van der Waals surface area contributed by atoms with Crippen molar-refractivity contribution in [1.29, 1.82) is 0 Å².